The number of hydrogen-bond acceptors (Lipinski definition) is 4. The molecule has 146 valence electrons. The van der Waals surface area contributed by atoms with Crippen molar-refractivity contribution in [2.45, 2.75) is 32.2 Å². The number of benzene rings is 2. The maximum atomic E-state index is 11.3. The maximum Gasteiger partial charge on any atom is 0.288 e. The summed E-state index contributed by atoms with van der Waals surface area (Å²) >= 11 is 6.02. The summed E-state index contributed by atoms with van der Waals surface area (Å²) in [5.41, 5.74) is 4.53. The molecule has 6 heteroatoms. The molecule has 0 fully saturated rings. The number of allylic oxidation sites excluding steroid dienone is 2. The lowest BCUT2D eigenvalue weighted by Crippen LogP contribution is -2.29. The number of rotatable bonds is 5. The molecule has 3 atom stereocenters. The van der Waals surface area contributed by atoms with Crippen LogP contribution in [-0.2, 0) is 0 Å². The van der Waals surface area contributed by atoms with Gasteiger partial charge in [0.05, 0.1) is 11.0 Å². The van der Waals surface area contributed by atoms with Gasteiger partial charge in [0.1, 0.15) is 5.02 Å². The minimum Gasteiger partial charge on any atom is -0.378 e. The number of anilines is 2. The normalized spacial score (nSPS) is 22.3. The molecule has 0 saturated heterocycles. The van der Waals surface area contributed by atoms with Crippen LogP contribution in [0.25, 0.3) is 0 Å². The van der Waals surface area contributed by atoms with Crippen LogP contribution in [0, 0.1) is 16.0 Å². The third kappa shape index (κ3) is 3.14. The van der Waals surface area contributed by atoms with Gasteiger partial charge in [0, 0.05) is 36.4 Å². The summed E-state index contributed by atoms with van der Waals surface area (Å²) in [6.45, 7) is 6.29. The van der Waals surface area contributed by atoms with E-state index >= 15 is 0 Å². The number of nitro benzene ring substituents is 1. The average molecular weight is 398 g/mol. The van der Waals surface area contributed by atoms with Crippen molar-refractivity contribution in [3.8, 4) is 0 Å². The van der Waals surface area contributed by atoms with Crippen LogP contribution in [0.5, 0.6) is 0 Å². The standard InChI is InChI=1S/C22H24ClN3O2/c1-3-25(4-2)15-9-11-20-18(13-15)16-6-5-7-17(16)22(24-20)14-8-10-19(23)21(12-14)26(27)28/h5-6,8-13,16-17,22,24H,3-4,7H2,1-2H3. The topological polar surface area (TPSA) is 58.4 Å². The van der Waals surface area contributed by atoms with Crippen molar-refractivity contribution < 1.29 is 4.92 Å². The Morgan fingerprint density at radius 1 is 1.21 bits per heavy atom. The van der Waals surface area contributed by atoms with Crippen LogP contribution >= 0.6 is 11.6 Å². The van der Waals surface area contributed by atoms with Crippen molar-refractivity contribution in [1.29, 1.82) is 0 Å². The quantitative estimate of drug-likeness (QED) is 0.386. The monoisotopic (exact) mass is 397 g/mol. The maximum absolute atomic E-state index is 11.3. The van der Waals surface area contributed by atoms with Crippen LogP contribution in [0.4, 0.5) is 17.1 Å². The summed E-state index contributed by atoms with van der Waals surface area (Å²) in [6.07, 6.45) is 5.47. The first-order valence-electron chi connectivity index (χ1n) is 9.79. The Bertz CT molecular complexity index is 939. The van der Waals surface area contributed by atoms with Gasteiger partial charge >= 0.3 is 0 Å². The number of nitrogens with zero attached hydrogens (tertiary/aromatic N) is 2. The fourth-order valence-corrected chi connectivity index (χ4v) is 4.75. The van der Waals surface area contributed by atoms with Crippen LogP contribution < -0.4 is 10.2 Å². The Kier molecular flexibility index (Phi) is 5.02. The predicted molar refractivity (Wildman–Crippen MR) is 114 cm³/mol. The second kappa shape index (κ2) is 7.47. The van der Waals surface area contributed by atoms with Crippen molar-refractivity contribution in [2.24, 2.45) is 5.92 Å². The summed E-state index contributed by atoms with van der Waals surface area (Å²) in [5, 5.41) is 15.1. The molecule has 1 aliphatic heterocycles. The highest BCUT2D eigenvalue weighted by molar-refractivity contribution is 6.32. The first-order chi connectivity index (χ1) is 13.5. The molecule has 0 spiro atoms. The minimum absolute atomic E-state index is 0.0165. The number of nitro groups is 1. The number of hydrogen-bond donors (Lipinski definition) is 1. The molecule has 4 rings (SSSR count). The van der Waals surface area contributed by atoms with Crippen molar-refractivity contribution in [3.63, 3.8) is 0 Å². The lowest BCUT2D eigenvalue weighted by Gasteiger charge is -2.38. The predicted octanol–water partition coefficient (Wildman–Crippen LogP) is 5.92. The molecule has 0 aromatic heterocycles. The van der Waals surface area contributed by atoms with Crippen molar-refractivity contribution >= 4 is 28.7 Å². The lowest BCUT2D eigenvalue weighted by molar-refractivity contribution is -0.384. The molecule has 0 amide bonds. The molecular weight excluding hydrogens is 374 g/mol. The molecule has 1 aliphatic carbocycles. The smallest absolute Gasteiger partial charge is 0.288 e. The van der Waals surface area contributed by atoms with Crippen molar-refractivity contribution in [2.75, 3.05) is 23.3 Å². The highest BCUT2D eigenvalue weighted by Crippen LogP contribution is 2.51. The second-order valence-electron chi connectivity index (χ2n) is 7.39. The Balaban J connectivity index is 1.74. The molecule has 1 N–H and O–H groups in total. The SMILES string of the molecule is CCN(CC)c1ccc2c(c1)C1C=CCC1C(c1ccc(Cl)c([N+](=O)[O-])c1)N2. The van der Waals surface area contributed by atoms with E-state index in [-0.39, 0.29) is 16.8 Å². The molecule has 0 saturated carbocycles. The van der Waals surface area contributed by atoms with Gasteiger partial charge in [-0.25, -0.2) is 0 Å². The van der Waals surface area contributed by atoms with Crippen LogP contribution in [0.3, 0.4) is 0 Å². The third-order valence-electron chi connectivity index (χ3n) is 6.00. The van der Waals surface area contributed by atoms with Gasteiger partial charge in [-0.15, -0.1) is 0 Å². The summed E-state index contributed by atoms with van der Waals surface area (Å²) in [4.78, 5) is 13.3. The van der Waals surface area contributed by atoms with Crippen LogP contribution in [0.2, 0.25) is 5.02 Å². The van der Waals surface area contributed by atoms with Crippen molar-refractivity contribution in [1.82, 2.24) is 0 Å². The summed E-state index contributed by atoms with van der Waals surface area (Å²) < 4.78 is 0. The fraction of sp³-hybridized carbons (Fsp3) is 0.364. The van der Waals surface area contributed by atoms with Gasteiger partial charge in [-0.05, 0) is 61.6 Å². The zero-order chi connectivity index (χ0) is 19.8. The largest absolute Gasteiger partial charge is 0.378 e. The summed E-state index contributed by atoms with van der Waals surface area (Å²) in [7, 11) is 0. The molecule has 2 aliphatic rings. The molecule has 28 heavy (non-hydrogen) atoms. The van der Waals surface area contributed by atoms with Gasteiger partial charge < -0.3 is 10.2 Å². The number of fused-ring (bicyclic) bond motifs is 3. The highest BCUT2D eigenvalue weighted by atomic mass is 35.5. The Hall–Kier alpha value is -2.53. The molecular formula is C22H24ClN3O2. The molecule has 2 aromatic carbocycles. The van der Waals surface area contributed by atoms with Gasteiger partial charge in [0.15, 0.2) is 0 Å². The van der Waals surface area contributed by atoms with Gasteiger partial charge in [0.25, 0.3) is 5.69 Å². The van der Waals surface area contributed by atoms with E-state index in [1.54, 1.807) is 12.1 Å². The van der Waals surface area contributed by atoms with Crippen LogP contribution in [0.15, 0.2) is 48.6 Å². The Labute approximate surface area is 170 Å². The minimum atomic E-state index is -0.413. The summed E-state index contributed by atoms with van der Waals surface area (Å²) in [6, 6.07) is 11.8. The van der Waals surface area contributed by atoms with E-state index in [9.17, 15) is 10.1 Å². The molecule has 5 nitrogen and oxygen atoms in total. The number of nitrogens with one attached hydrogen (secondary N) is 1. The van der Waals surface area contributed by atoms with E-state index in [2.05, 4.69) is 54.4 Å². The average Bonchev–Trinajstić information content (AvgIpc) is 3.19. The lowest BCUT2D eigenvalue weighted by atomic mass is 9.77. The van der Waals surface area contributed by atoms with E-state index in [4.69, 9.17) is 11.6 Å². The van der Waals surface area contributed by atoms with Crippen LogP contribution in [-0.4, -0.2) is 18.0 Å². The van der Waals surface area contributed by atoms with Crippen LogP contribution in [0.1, 0.15) is 43.4 Å². The van der Waals surface area contributed by atoms with Crippen molar-refractivity contribution in [3.05, 3.63) is 74.8 Å². The molecule has 2 aromatic rings. The zero-order valence-electron chi connectivity index (χ0n) is 16.1. The van der Waals surface area contributed by atoms with E-state index in [1.807, 2.05) is 6.07 Å². The van der Waals surface area contributed by atoms with E-state index in [0.717, 1.165) is 30.8 Å². The van der Waals surface area contributed by atoms with Gasteiger partial charge in [0.2, 0.25) is 0 Å². The molecule has 1 heterocycles. The third-order valence-corrected chi connectivity index (χ3v) is 6.32. The Morgan fingerprint density at radius 2 is 2.00 bits per heavy atom. The van der Waals surface area contributed by atoms with Gasteiger partial charge in [-0.2, -0.15) is 0 Å². The van der Waals surface area contributed by atoms with E-state index in [0.29, 0.717) is 11.8 Å². The van der Waals surface area contributed by atoms with E-state index in [1.165, 1.54) is 11.3 Å². The molecule has 0 bridgehead atoms. The second-order valence-corrected chi connectivity index (χ2v) is 7.79. The van der Waals surface area contributed by atoms with Gasteiger partial charge in [-0.1, -0.05) is 29.8 Å². The number of halogens is 1. The molecule has 3 unspecified atom stereocenters. The van der Waals surface area contributed by atoms with Gasteiger partial charge in [-0.3, -0.25) is 10.1 Å². The highest BCUT2D eigenvalue weighted by Gasteiger charge is 2.38. The summed E-state index contributed by atoms with van der Waals surface area (Å²) in [5.74, 6) is 0.645. The first kappa shape index (κ1) is 18.8. The van der Waals surface area contributed by atoms with E-state index < -0.39 is 4.92 Å². The first-order valence-corrected chi connectivity index (χ1v) is 10.2. The zero-order valence-corrected chi connectivity index (χ0v) is 16.8. The fourth-order valence-electron chi connectivity index (χ4n) is 4.56. The molecule has 0 radical (unpaired) electrons. The Morgan fingerprint density at radius 3 is 2.71 bits per heavy atom.